The molecule has 1 aliphatic heterocycles. The van der Waals surface area contributed by atoms with Crippen LogP contribution in [-0.2, 0) is 21.3 Å². The van der Waals surface area contributed by atoms with Gasteiger partial charge in [-0.2, -0.15) is 0 Å². The van der Waals surface area contributed by atoms with E-state index in [2.05, 4.69) is 5.32 Å². The van der Waals surface area contributed by atoms with E-state index in [9.17, 15) is 13.8 Å². The van der Waals surface area contributed by atoms with E-state index in [4.69, 9.17) is 20.8 Å². The lowest BCUT2D eigenvalue weighted by Crippen LogP contribution is -2.46. The zero-order valence-corrected chi connectivity index (χ0v) is 17.6. The number of furan rings is 1. The number of hydrogen-bond donors (Lipinski definition) is 1. The fourth-order valence-electron chi connectivity index (χ4n) is 3.08. The highest BCUT2D eigenvalue weighted by Gasteiger charge is 2.25. The minimum atomic E-state index is -1.32. The van der Waals surface area contributed by atoms with Gasteiger partial charge in [0.2, 0.25) is 0 Å². The van der Waals surface area contributed by atoms with Gasteiger partial charge in [-0.1, -0.05) is 17.7 Å². The topological polar surface area (TPSA) is 88.9 Å². The molecule has 2 heterocycles. The number of piperidine rings is 1. The van der Waals surface area contributed by atoms with Crippen molar-refractivity contribution in [2.24, 2.45) is 0 Å². The van der Waals surface area contributed by atoms with Crippen LogP contribution in [0.5, 0.6) is 0 Å². The van der Waals surface area contributed by atoms with Crippen LogP contribution >= 0.6 is 11.6 Å². The molecule has 1 aromatic heterocycles. The normalized spacial score (nSPS) is 15.7. The van der Waals surface area contributed by atoms with Crippen LogP contribution < -0.4 is 5.32 Å². The number of hydrogen-bond acceptors (Lipinski definition) is 5. The highest BCUT2D eigenvalue weighted by Crippen LogP contribution is 2.19. The molecule has 7 nitrogen and oxygen atoms in total. The van der Waals surface area contributed by atoms with Crippen LogP contribution in [0.1, 0.15) is 36.1 Å². The Hall–Kier alpha value is -2.32. The van der Waals surface area contributed by atoms with Crippen molar-refractivity contribution in [2.45, 2.75) is 36.5 Å². The first-order valence-corrected chi connectivity index (χ1v) is 11.1. The van der Waals surface area contributed by atoms with Crippen LogP contribution in [-0.4, -0.2) is 46.8 Å². The van der Waals surface area contributed by atoms with Crippen molar-refractivity contribution >= 4 is 34.4 Å². The van der Waals surface area contributed by atoms with Crippen LogP contribution in [0.25, 0.3) is 0 Å². The van der Waals surface area contributed by atoms with Crippen LogP contribution in [0, 0.1) is 0 Å². The van der Waals surface area contributed by atoms with Gasteiger partial charge in [0.15, 0.2) is 5.76 Å². The minimum absolute atomic E-state index is 0.0395. The fourth-order valence-corrected chi connectivity index (χ4v) is 4.40. The Balaban J connectivity index is 1.51. The fraction of sp³-hybridized carbons (Fsp3) is 0.400. The monoisotopic (exact) mass is 438 g/mol. The third-order valence-corrected chi connectivity index (χ3v) is 6.14. The largest absolute Gasteiger partial charge is 0.455 e. The van der Waals surface area contributed by atoms with Crippen molar-refractivity contribution in [3.05, 3.63) is 52.9 Å². The van der Waals surface area contributed by atoms with Gasteiger partial charge in [-0.05, 0) is 50.1 Å². The Labute approximate surface area is 176 Å². The number of amides is 2. The van der Waals surface area contributed by atoms with E-state index in [0.29, 0.717) is 48.2 Å². The van der Waals surface area contributed by atoms with Gasteiger partial charge in [0.25, 0.3) is 5.91 Å². The van der Waals surface area contributed by atoms with Crippen LogP contribution in [0.3, 0.4) is 0 Å². The van der Waals surface area contributed by atoms with E-state index in [-0.39, 0.29) is 29.6 Å². The Bertz CT molecular complexity index is 893. The molecule has 1 atom stereocenters. The number of carbonyl (C=O) groups excluding carboxylic acids is 2. The predicted octanol–water partition coefficient (Wildman–Crippen LogP) is 3.59. The highest BCUT2D eigenvalue weighted by molar-refractivity contribution is 7.84. The Morgan fingerprint density at radius 3 is 2.72 bits per heavy atom. The molecule has 1 aromatic carbocycles. The molecule has 0 saturated carbocycles. The van der Waals surface area contributed by atoms with Crippen molar-refractivity contribution in [2.75, 3.05) is 19.7 Å². The molecule has 29 heavy (non-hydrogen) atoms. The van der Waals surface area contributed by atoms with Gasteiger partial charge in [-0.15, -0.1) is 0 Å². The summed E-state index contributed by atoms with van der Waals surface area (Å²) in [6.07, 6.45) is 0.981. The number of rotatable bonds is 6. The molecular formula is C20H23ClN2O5S. The second-order valence-electron chi connectivity index (χ2n) is 6.65. The molecule has 1 fully saturated rings. The van der Waals surface area contributed by atoms with Crippen LogP contribution in [0.15, 0.2) is 45.7 Å². The smallest absolute Gasteiger partial charge is 0.409 e. The predicted molar refractivity (Wildman–Crippen MR) is 109 cm³/mol. The summed E-state index contributed by atoms with van der Waals surface area (Å²) < 4.78 is 23.0. The lowest BCUT2D eigenvalue weighted by atomic mass is 10.1. The van der Waals surface area contributed by atoms with Crippen molar-refractivity contribution in [1.29, 1.82) is 0 Å². The molecule has 1 N–H and O–H groups in total. The summed E-state index contributed by atoms with van der Waals surface area (Å²) >= 11 is 5.93. The molecular weight excluding hydrogens is 416 g/mol. The summed E-state index contributed by atoms with van der Waals surface area (Å²) in [7, 11) is -1.32. The Morgan fingerprint density at radius 1 is 1.28 bits per heavy atom. The molecule has 3 rings (SSSR count). The van der Waals surface area contributed by atoms with Crippen LogP contribution in [0.4, 0.5) is 4.79 Å². The summed E-state index contributed by atoms with van der Waals surface area (Å²) in [5, 5.41) is 3.45. The molecule has 9 heteroatoms. The average Bonchev–Trinajstić information content (AvgIpc) is 3.17. The number of ether oxygens (including phenoxy) is 1. The van der Waals surface area contributed by atoms with E-state index in [0.717, 1.165) is 0 Å². The standard InChI is InChI=1S/C20H23ClN2O5S/c1-2-27-20(25)23-10-8-15(9-11-23)22-19(24)18-7-6-16(28-18)13-29(26)17-5-3-4-14(21)12-17/h3-7,12,15H,2,8-11,13H2,1H3,(H,22,24)/t29-/m0/s1. The zero-order valence-electron chi connectivity index (χ0n) is 16.1. The second-order valence-corrected chi connectivity index (χ2v) is 8.53. The van der Waals surface area contributed by atoms with Crippen molar-refractivity contribution < 1.29 is 23.0 Å². The first-order valence-electron chi connectivity index (χ1n) is 9.41. The van der Waals surface area contributed by atoms with E-state index in [1.54, 1.807) is 48.2 Å². The van der Waals surface area contributed by atoms with Gasteiger partial charge < -0.3 is 19.4 Å². The van der Waals surface area contributed by atoms with Gasteiger partial charge in [0.1, 0.15) is 5.76 Å². The molecule has 2 aromatic rings. The van der Waals surface area contributed by atoms with Gasteiger partial charge in [0, 0.05) is 29.0 Å². The van der Waals surface area contributed by atoms with E-state index in [1.807, 2.05) is 0 Å². The SMILES string of the molecule is CCOC(=O)N1CCC(NC(=O)c2ccc(C[S@](=O)c3cccc(Cl)c3)o2)CC1. The van der Waals surface area contributed by atoms with Crippen LogP contribution in [0.2, 0.25) is 5.02 Å². The molecule has 156 valence electrons. The van der Waals surface area contributed by atoms with Gasteiger partial charge in [-0.3, -0.25) is 9.00 Å². The second kappa shape index (κ2) is 9.93. The summed E-state index contributed by atoms with van der Waals surface area (Å²) in [6.45, 7) is 3.18. The maximum Gasteiger partial charge on any atom is 0.409 e. The highest BCUT2D eigenvalue weighted by atomic mass is 35.5. The number of nitrogens with one attached hydrogen (secondary N) is 1. The summed E-state index contributed by atoms with van der Waals surface area (Å²) in [5.74, 6) is 0.479. The molecule has 1 saturated heterocycles. The number of halogens is 1. The molecule has 0 aliphatic carbocycles. The third kappa shape index (κ3) is 5.83. The lowest BCUT2D eigenvalue weighted by Gasteiger charge is -2.31. The maximum absolute atomic E-state index is 12.4. The molecule has 0 bridgehead atoms. The molecule has 0 radical (unpaired) electrons. The summed E-state index contributed by atoms with van der Waals surface area (Å²) in [6, 6.07) is 10.0. The van der Waals surface area contributed by atoms with Gasteiger partial charge in [-0.25, -0.2) is 4.79 Å². The molecule has 0 spiro atoms. The lowest BCUT2D eigenvalue weighted by molar-refractivity contribution is 0.0839. The van der Waals surface area contributed by atoms with Gasteiger partial charge in [0.05, 0.1) is 23.2 Å². The number of nitrogens with zero attached hydrogens (tertiary/aromatic N) is 1. The van der Waals surface area contributed by atoms with Crippen molar-refractivity contribution in [1.82, 2.24) is 10.2 Å². The molecule has 1 aliphatic rings. The average molecular weight is 439 g/mol. The molecule has 2 amide bonds. The third-order valence-electron chi connectivity index (χ3n) is 4.57. The summed E-state index contributed by atoms with van der Waals surface area (Å²) in [4.78, 5) is 26.4. The van der Waals surface area contributed by atoms with Gasteiger partial charge >= 0.3 is 6.09 Å². The maximum atomic E-state index is 12.4. The van der Waals surface area contributed by atoms with E-state index >= 15 is 0 Å². The van der Waals surface area contributed by atoms with Crippen molar-refractivity contribution in [3.63, 3.8) is 0 Å². The first kappa shape index (κ1) is 21.4. The van der Waals surface area contributed by atoms with E-state index in [1.165, 1.54) is 0 Å². The molecule has 0 unspecified atom stereocenters. The minimum Gasteiger partial charge on any atom is -0.455 e. The number of likely N-dealkylation sites (tertiary alicyclic amines) is 1. The Kier molecular flexibility index (Phi) is 7.33. The quantitative estimate of drug-likeness (QED) is 0.744. The summed E-state index contributed by atoms with van der Waals surface area (Å²) in [5.41, 5.74) is 0. The first-order chi connectivity index (χ1) is 14.0. The number of benzene rings is 1. The van der Waals surface area contributed by atoms with E-state index < -0.39 is 10.8 Å². The Morgan fingerprint density at radius 2 is 2.03 bits per heavy atom. The zero-order chi connectivity index (χ0) is 20.8. The number of carbonyl (C=O) groups is 2. The van der Waals surface area contributed by atoms with Crippen molar-refractivity contribution in [3.8, 4) is 0 Å².